The van der Waals surface area contributed by atoms with Gasteiger partial charge in [-0.25, -0.2) is 4.79 Å². The summed E-state index contributed by atoms with van der Waals surface area (Å²) in [5.41, 5.74) is 8.39. The molecule has 2 N–H and O–H groups in total. The first-order chi connectivity index (χ1) is 19.0. The van der Waals surface area contributed by atoms with Crippen LogP contribution in [0.25, 0.3) is 0 Å². The normalized spacial score (nSPS) is 17.0. The lowest BCUT2D eigenvalue weighted by Crippen LogP contribution is -2.32. The Bertz CT molecular complexity index is 1370. The summed E-state index contributed by atoms with van der Waals surface area (Å²) < 4.78 is 49.8. The molecule has 210 valence electrons. The van der Waals surface area contributed by atoms with Gasteiger partial charge in [0.1, 0.15) is 17.1 Å². The number of para-hydroxylation sites is 1. The van der Waals surface area contributed by atoms with Crippen LogP contribution in [0, 0.1) is 0 Å². The van der Waals surface area contributed by atoms with Crippen LogP contribution in [-0.4, -0.2) is 29.2 Å². The van der Waals surface area contributed by atoms with E-state index >= 15 is 0 Å². The molecule has 0 aliphatic heterocycles. The Morgan fingerprint density at radius 1 is 1.00 bits per heavy atom. The quantitative estimate of drug-likeness (QED) is 0.210. The van der Waals surface area contributed by atoms with E-state index in [0.29, 0.717) is 35.7 Å². The zero-order chi connectivity index (χ0) is 28.8. The number of halogens is 4. The highest BCUT2D eigenvalue weighted by atomic mass is 35.5. The number of esters is 1. The second-order valence-electron chi connectivity index (χ2n) is 9.85. The van der Waals surface area contributed by atoms with Crippen molar-refractivity contribution < 1.29 is 27.4 Å². The highest BCUT2D eigenvalue weighted by Crippen LogP contribution is 2.30. The van der Waals surface area contributed by atoms with E-state index < -0.39 is 17.7 Å². The first-order valence-corrected chi connectivity index (χ1v) is 13.1. The van der Waals surface area contributed by atoms with Crippen LogP contribution >= 0.6 is 11.6 Å². The number of carbonyl (C=O) groups excluding carboxylic acids is 1. The summed E-state index contributed by atoms with van der Waals surface area (Å²) in [6, 6.07) is 21.5. The fourth-order valence-electron chi connectivity index (χ4n) is 4.36. The standard InChI is InChI=1S/C31H30ClF3N2O3/c1-30(40-27-5-3-2-4-6-27)15-13-23(14-16-30)20-37(19-22-7-10-26(32)11-8-22)21-25-17-24(18-36)9-12-28(25)39-29(38)31(33,34)35/h2-15,17H,16,18-21,36H2,1H3. The number of nitrogens with zero attached hydrogens (tertiary/aromatic N) is 1. The third-order valence-corrected chi connectivity index (χ3v) is 6.68. The van der Waals surface area contributed by atoms with E-state index in [-0.39, 0.29) is 18.8 Å². The molecular formula is C31H30ClF3N2O3. The van der Waals surface area contributed by atoms with Gasteiger partial charge in [-0.1, -0.05) is 60.2 Å². The minimum Gasteiger partial charge on any atom is -0.483 e. The van der Waals surface area contributed by atoms with Gasteiger partial charge in [-0.15, -0.1) is 0 Å². The molecule has 1 unspecified atom stereocenters. The molecule has 0 heterocycles. The van der Waals surface area contributed by atoms with Gasteiger partial charge >= 0.3 is 12.1 Å². The van der Waals surface area contributed by atoms with E-state index in [1.165, 1.54) is 6.07 Å². The van der Waals surface area contributed by atoms with E-state index in [2.05, 4.69) is 11.0 Å². The predicted molar refractivity (Wildman–Crippen MR) is 149 cm³/mol. The topological polar surface area (TPSA) is 64.8 Å². The van der Waals surface area contributed by atoms with Crippen LogP contribution in [0.3, 0.4) is 0 Å². The Morgan fingerprint density at radius 2 is 1.70 bits per heavy atom. The Balaban J connectivity index is 1.56. The van der Waals surface area contributed by atoms with Crippen molar-refractivity contribution >= 4 is 17.6 Å². The number of benzene rings is 3. The Morgan fingerprint density at radius 3 is 2.33 bits per heavy atom. The van der Waals surface area contributed by atoms with Gasteiger partial charge in [-0.2, -0.15) is 13.2 Å². The summed E-state index contributed by atoms with van der Waals surface area (Å²) in [5.74, 6) is -1.65. The Labute approximate surface area is 236 Å². The lowest BCUT2D eigenvalue weighted by molar-refractivity contribution is -0.189. The average molecular weight is 571 g/mol. The maximum atomic E-state index is 13.0. The molecule has 1 aliphatic carbocycles. The number of rotatable bonds is 10. The SMILES string of the molecule is CC1(Oc2ccccc2)C=CC(CN(Cc2ccc(Cl)cc2)Cc2cc(CN)ccc2OC(=O)C(F)(F)F)=CC1. The molecule has 5 nitrogen and oxygen atoms in total. The molecule has 0 fully saturated rings. The molecule has 0 saturated heterocycles. The number of nitrogens with two attached hydrogens (primary N) is 1. The molecule has 4 rings (SSSR count). The van der Waals surface area contributed by atoms with Crippen LogP contribution in [0.1, 0.15) is 30.0 Å². The fraction of sp³-hybridized carbons (Fsp3) is 0.258. The minimum absolute atomic E-state index is 0.155. The van der Waals surface area contributed by atoms with Crippen molar-refractivity contribution in [2.75, 3.05) is 6.54 Å². The number of carbonyl (C=O) groups is 1. The molecule has 0 radical (unpaired) electrons. The molecular weight excluding hydrogens is 541 g/mol. The summed E-state index contributed by atoms with van der Waals surface area (Å²) in [4.78, 5) is 13.7. The summed E-state index contributed by atoms with van der Waals surface area (Å²) in [7, 11) is 0. The summed E-state index contributed by atoms with van der Waals surface area (Å²) in [6.07, 6.45) is 1.64. The Kier molecular flexibility index (Phi) is 9.35. The highest BCUT2D eigenvalue weighted by molar-refractivity contribution is 6.30. The second kappa shape index (κ2) is 12.7. The van der Waals surface area contributed by atoms with Crippen molar-refractivity contribution in [1.29, 1.82) is 0 Å². The lowest BCUT2D eigenvalue weighted by Gasteiger charge is -2.31. The molecule has 3 aromatic rings. The van der Waals surface area contributed by atoms with E-state index in [0.717, 1.165) is 16.9 Å². The van der Waals surface area contributed by atoms with Crippen molar-refractivity contribution in [3.63, 3.8) is 0 Å². The average Bonchev–Trinajstić information content (AvgIpc) is 2.92. The van der Waals surface area contributed by atoms with Crippen molar-refractivity contribution in [2.24, 2.45) is 5.73 Å². The molecule has 0 bridgehead atoms. The first kappa shape index (κ1) is 29.4. The Hall–Kier alpha value is -3.59. The van der Waals surface area contributed by atoms with Gasteiger partial charge in [0, 0.05) is 43.2 Å². The third kappa shape index (κ3) is 8.21. The smallest absolute Gasteiger partial charge is 0.483 e. The third-order valence-electron chi connectivity index (χ3n) is 6.43. The summed E-state index contributed by atoms with van der Waals surface area (Å²) in [5, 5.41) is 0.600. The van der Waals surface area contributed by atoms with Gasteiger partial charge in [-0.05, 0) is 66.1 Å². The van der Waals surface area contributed by atoms with Crippen LogP contribution < -0.4 is 15.2 Å². The van der Waals surface area contributed by atoms with Crippen molar-refractivity contribution in [3.05, 3.63) is 118 Å². The highest BCUT2D eigenvalue weighted by Gasteiger charge is 2.41. The minimum atomic E-state index is -5.11. The molecule has 3 aromatic carbocycles. The maximum absolute atomic E-state index is 13.0. The van der Waals surface area contributed by atoms with Crippen LogP contribution in [0.2, 0.25) is 5.02 Å². The van der Waals surface area contributed by atoms with Crippen LogP contribution in [0.15, 0.2) is 96.6 Å². The number of hydrogen-bond donors (Lipinski definition) is 1. The number of alkyl halides is 3. The van der Waals surface area contributed by atoms with Crippen LogP contribution in [0.5, 0.6) is 11.5 Å². The largest absolute Gasteiger partial charge is 0.491 e. The van der Waals surface area contributed by atoms with Gasteiger partial charge in [0.2, 0.25) is 0 Å². The molecule has 0 saturated carbocycles. The number of ether oxygens (including phenoxy) is 2. The fourth-order valence-corrected chi connectivity index (χ4v) is 4.49. The molecule has 40 heavy (non-hydrogen) atoms. The molecule has 1 aliphatic rings. The zero-order valence-electron chi connectivity index (χ0n) is 22.0. The molecule has 0 spiro atoms. The van der Waals surface area contributed by atoms with Gasteiger partial charge in [0.05, 0.1) is 0 Å². The van der Waals surface area contributed by atoms with Crippen molar-refractivity contribution in [2.45, 2.75) is 44.8 Å². The van der Waals surface area contributed by atoms with E-state index in [9.17, 15) is 18.0 Å². The van der Waals surface area contributed by atoms with Crippen molar-refractivity contribution in [1.82, 2.24) is 4.90 Å². The molecule has 1 atom stereocenters. The maximum Gasteiger partial charge on any atom is 0.491 e. The van der Waals surface area contributed by atoms with Gasteiger partial charge in [0.25, 0.3) is 0 Å². The van der Waals surface area contributed by atoms with Gasteiger partial charge in [-0.3, -0.25) is 4.90 Å². The molecule has 9 heteroatoms. The summed E-state index contributed by atoms with van der Waals surface area (Å²) >= 11 is 6.06. The second-order valence-corrected chi connectivity index (χ2v) is 10.3. The number of hydrogen-bond acceptors (Lipinski definition) is 5. The monoisotopic (exact) mass is 570 g/mol. The van der Waals surface area contributed by atoms with Crippen LogP contribution in [0.4, 0.5) is 13.2 Å². The van der Waals surface area contributed by atoms with E-state index in [4.69, 9.17) is 26.8 Å². The predicted octanol–water partition coefficient (Wildman–Crippen LogP) is 6.99. The summed E-state index contributed by atoms with van der Waals surface area (Å²) in [6.45, 7) is 3.36. The van der Waals surface area contributed by atoms with E-state index in [1.54, 1.807) is 24.3 Å². The van der Waals surface area contributed by atoms with Gasteiger partial charge < -0.3 is 15.2 Å². The molecule has 0 aromatic heterocycles. The van der Waals surface area contributed by atoms with Crippen molar-refractivity contribution in [3.8, 4) is 11.5 Å². The molecule has 0 amide bonds. The van der Waals surface area contributed by atoms with Gasteiger partial charge in [0.15, 0.2) is 0 Å². The lowest BCUT2D eigenvalue weighted by atomic mass is 9.93. The first-order valence-electron chi connectivity index (χ1n) is 12.7. The van der Waals surface area contributed by atoms with Crippen LogP contribution in [-0.2, 0) is 24.4 Å². The van der Waals surface area contributed by atoms with E-state index in [1.807, 2.05) is 61.5 Å². The zero-order valence-corrected chi connectivity index (χ0v) is 22.7.